The number of furan rings is 1. The van der Waals surface area contributed by atoms with E-state index in [9.17, 15) is 0 Å². The number of hydrogen-bond acceptors (Lipinski definition) is 1. The fraction of sp³-hybridized carbons (Fsp3) is 0.0588. The largest absolute Gasteiger partial charge is 0.455 e. The van der Waals surface area contributed by atoms with Gasteiger partial charge in [0.15, 0.2) is 0 Å². The molecule has 0 atom stereocenters. The number of rotatable bonds is 3. The lowest BCUT2D eigenvalue weighted by Crippen LogP contribution is -2.14. The van der Waals surface area contributed by atoms with Crippen molar-refractivity contribution in [2.75, 3.05) is 0 Å². The smallest absolute Gasteiger partial charge is 0.143 e. The molecule has 244 valence electrons. The number of benzene rings is 9. The Labute approximate surface area is 302 Å². The van der Waals surface area contributed by atoms with Crippen LogP contribution in [-0.4, -0.2) is 0 Å². The maximum atomic E-state index is 6.81. The van der Waals surface area contributed by atoms with Crippen molar-refractivity contribution in [1.29, 1.82) is 0 Å². The van der Waals surface area contributed by atoms with Gasteiger partial charge >= 0.3 is 0 Å². The molecule has 0 bridgehead atoms. The maximum Gasteiger partial charge on any atom is 0.143 e. The third-order valence-corrected chi connectivity index (χ3v) is 11.6. The van der Waals surface area contributed by atoms with E-state index in [1.54, 1.807) is 0 Å². The van der Waals surface area contributed by atoms with Crippen molar-refractivity contribution < 1.29 is 4.42 Å². The van der Waals surface area contributed by atoms with Crippen LogP contribution in [0.15, 0.2) is 174 Å². The normalized spacial score (nSPS) is 13.3. The molecule has 11 rings (SSSR count). The molecule has 10 aromatic rings. The van der Waals surface area contributed by atoms with Gasteiger partial charge in [0.1, 0.15) is 11.2 Å². The highest BCUT2D eigenvalue weighted by Crippen LogP contribution is 2.51. The van der Waals surface area contributed by atoms with Gasteiger partial charge in [-0.05, 0) is 113 Å². The van der Waals surface area contributed by atoms with E-state index in [0.29, 0.717) is 0 Å². The average Bonchev–Trinajstić information content (AvgIpc) is 3.67. The Bertz CT molecular complexity index is 3030. The average molecular weight is 663 g/mol. The third kappa shape index (κ3) is 4.11. The Morgan fingerprint density at radius 1 is 0.365 bits per heavy atom. The van der Waals surface area contributed by atoms with Crippen molar-refractivity contribution in [3.8, 4) is 44.5 Å². The summed E-state index contributed by atoms with van der Waals surface area (Å²) < 4.78 is 6.81. The molecular weight excluding hydrogens is 629 g/mol. The minimum atomic E-state index is -0.0716. The van der Waals surface area contributed by atoms with Crippen LogP contribution in [0.4, 0.5) is 0 Å². The lowest BCUT2D eigenvalue weighted by atomic mass is 9.82. The Morgan fingerprint density at radius 3 is 1.71 bits per heavy atom. The molecule has 0 amide bonds. The Kier molecular flexibility index (Phi) is 6.08. The monoisotopic (exact) mass is 662 g/mol. The Hall–Kier alpha value is -6.44. The van der Waals surface area contributed by atoms with Gasteiger partial charge in [0.25, 0.3) is 0 Å². The van der Waals surface area contributed by atoms with Crippen LogP contribution in [-0.2, 0) is 5.41 Å². The number of hydrogen-bond donors (Lipinski definition) is 0. The highest BCUT2D eigenvalue weighted by atomic mass is 16.3. The lowest BCUT2D eigenvalue weighted by molar-refractivity contribution is 0.648. The fourth-order valence-electron chi connectivity index (χ4n) is 9.14. The van der Waals surface area contributed by atoms with Crippen LogP contribution >= 0.6 is 0 Å². The van der Waals surface area contributed by atoms with Crippen LogP contribution < -0.4 is 0 Å². The molecular formula is C51H34O. The van der Waals surface area contributed by atoms with Gasteiger partial charge in [0, 0.05) is 21.6 Å². The zero-order chi connectivity index (χ0) is 34.6. The molecule has 1 aliphatic rings. The minimum absolute atomic E-state index is 0.0716. The molecule has 0 N–H and O–H groups in total. The second-order valence-corrected chi connectivity index (χ2v) is 14.8. The molecule has 1 aliphatic carbocycles. The van der Waals surface area contributed by atoms with Gasteiger partial charge in [-0.15, -0.1) is 0 Å². The van der Waals surface area contributed by atoms with Gasteiger partial charge in [0.2, 0.25) is 0 Å². The maximum absolute atomic E-state index is 6.81. The predicted molar refractivity (Wildman–Crippen MR) is 220 cm³/mol. The molecule has 0 saturated carbocycles. The van der Waals surface area contributed by atoms with E-state index in [1.165, 1.54) is 88.0 Å². The van der Waals surface area contributed by atoms with Gasteiger partial charge in [-0.25, -0.2) is 0 Å². The summed E-state index contributed by atoms with van der Waals surface area (Å²) in [4.78, 5) is 0. The highest BCUT2D eigenvalue weighted by Gasteiger charge is 2.36. The molecule has 0 radical (unpaired) electrons. The summed E-state index contributed by atoms with van der Waals surface area (Å²) in [6.45, 7) is 4.65. The molecule has 52 heavy (non-hydrogen) atoms. The Balaban J connectivity index is 1.09. The molecule has 0 spiro atoms. The second-order valence-electron chi connectivity index (χ2n) is 14.8. The standard InChI is InChI=1S/C51H34O/c1-51(2)45-22-11-10-17-36(45)43-29-44-41-26-25-31-23-24-34(28-42(31)50(41)52-47(44)30-46(43)51)33-15-12-16-35(27-33)49-39-20-8-6-18-37(39)48(32-13-4-3-5-14-32)38-19-7-9-21-40(38)49/h3-30H,1-2H3. The molecule has 1 heteroatoms. The molecule has 1 nitrogen and oxygen atoms in total. The van der Waals surface area contributed by atoms with E-state index in [2.05, 4.69) is 184 Å². The topological polar surface area (TPSA) is 13.1 Å². The van der Waals surface area contributed by atoms with Crippen molar-refractivity contribution in [2.45, 2.75) is 19.3 Å². The predicted octanol–water partition coefficient (Wildman–Crippen LogP) is 14.4. The van der Waals surface area contributed by atoms with Crippen LogP contribution in [0.5, 0.6) is 0 Å². The summed E-state index contributed by atoms with van der Waals surface area (Å²) in [5.74, 6) is 0. The Morgan fingerprint density at radius 2 is 0.962 bits per heavy atom. The van der Waals surface area contributed by atoms with Crippen LogP contribution in [0, 0.1) is 0 Å². The van der Waals surface area contributed by atoms with E-state index in [0.717, 1.165) is 21.9 Å². The molecule has 0 fully saturated rings. The van der Waals surface area contributed by atoms with Crippen molar-refractivity contribution in [2.24, 2.45) is 0 Å². The summed E-state index contributed by atoms with van der Waals surface area (Å²) in [6, 6.07) is 62.4. The van der Waals surface area contributed by atoms with Crippen molar-refractivity contribution >= 4 is 54.3 Å². The van der Waals surface area contributed by atoms with Crippen molar-refractivity contribution in [3.63, 3.8) is 0 Å². The van der Waals surface area contributed by atoms with Crippen molar-refractivity contribution in [1.82, 2.24) is 0 Å². The molecule has 0 aliphatic heterocycles. The van der Waals surface area contributed by atoms with Gasteiger partial charge in [-0.1, -0.05) is 153 Å². The van der Waals surface area contributed by atoms with Gasteiger partial charge in [-0.2, -0.15) is 0 Å². The summed E-state index contributed by atoms with van der Waals surface area (Å²) in [5, 5.41) is 9.71. The second kappa shape index (κ2) is 10.8. The highest BCUT2D eigenvalue weighted by molar-refractivity contribution is 6.22. The first-order valence-corrected chi connectivity index (χ1v) is 18.2. The first-order chi connectivity index (χ1) is 25.5. The van der Waals surface area contributed by atoms with E-state index in [4.69, 9.17) is 4.42 Å². The molecule has 1 heterocycles. The van der Waals surface area contributed by atoms with Gasteiger partial charge < -0.3 is 4.42 Å². The summed E-state index contributed by atoms with van der Waals surface area (Å²) in [6.07, 6.45) is 0. The molecule has 0 unspecified atom stereocenters. The SMILES string of the molecule is CC1(C)c2ccccc2-c2cc3c(cc21)oc1c2cc(-c4cccc(-c5c6ccccc6c(-c6ccccc6)c6ccccc56)c4)ccc2ccc31. The molecule has 0 saturated heterocycles. The molecule has 1 aromatic heterocycles. The van der Waals surface area contributed by atoms with Gasteiger partial charge in [0.05, 0.1) is 0 Å². The minimum Gasteiger partial charge on any atom is -0.455 e. The van der Waals surface area contributed by atoms with Crippen LogP contribution in [0.1, 0.15) is 25.0 Å². The van der Waals surface area contributed by atoms with Crippen LogP contribution in [0.2, 0.25) is 0 Å². The fourth-order valence-corrected chi connectivity index (χ4v) is 9.14. The third-order valence-electron chi connectivity index (χ3n) is 11.6. The first kappa shape index (κ1) is 29.3. The summed E-state index contributed by atoms with van der Waals surface area (Å²) >= 11 is 0. The van der Waals surface area contributed by atoms with E-state index >= 15 is 0 Å². The summed E-state index contributed by atoms with van der Waals surface area (Å²) in [7, 11) is 0. The summed E-state index contributed by atoms with van der Waals surface area (Å²) in [5.41, 5.74) is 14.6. The first-order valence-electron chi connectivity index (χ1n) is 18.2. The van der Waals surface area contributed by atoms with Gasteiger partial charge in [-0.3, -0.25) is 0 Å². The van der Waals surface area contributed by atoms with Crippen LogP contribution in [0.3, 0.4) is 0 Å². The zero-order valence-corrected chi connectivity index (χ0v) is 29.1. The van der Waals surface area contributed by atoms with Crippen molar-refractivity contribution in [3.05, 3.63) is 181 Å². The number of fused-ring (bicyclic) bond motifs is 10. The van der Waals surface area contributed by atoms with E-state index in [1.807, 2.05) is 0 Å². The molecule has 9 aromatic carbocycles. The zero-order valence-electron chi connectivity index (χ0n) is 29.1. The van der Waals surface area contributed by atoms with Crippen LogP contribution in [0.25, 0.3) is 98.8 Å². The van der Waals surface area contributed by atoms with E-state index in [-0.39, 0.29) is 5.41 Å². The quantitative estimate of drug-likeness (QED) is 0.172. The van der Waals surface area contributed by atoms with E-state index < -0.39 is 0 Å². The lowest BCUT2D eigenvalue weighted by Gasteiger charge is -2.21.